The number of halogens is 7. The fraction of sp³-hybridized carbons (Fsp3) is 0.682. The first-order valence-electron chi connectivity index (χ1n) is 11.1. The van der Waals surface area contributed by atoms with Crippen molar-refractivity contribution in [3.05, 3.63) is 28.8 Å². The molecule has 0 spiro atoms. The maximum absolute atomic E-state index is 12.7. The number of rotatable bonds is 5. The highest BCUT2D eigenvalue weighted by atomic mass is 35.5. The van der Waals surface area contributed by atoms with Gasteiger partial charge in [-0.3, -0.25) is 4.90 Å². The van der Waals surface area contributed by atoms with Crippen LogP contribution in [0.4, 0.5) is 36.8 Å². The highest BCUT2D eigenvalue weighted by Crippen LogP contribution is 2.37. The van der Waals surface area contributed by atoms with Gasteiger partial charge >= 0.3 is 18.4 Å². The van der Waals surface area contributed by atoms with Crippen LogP contribution >= 0.6 is 11.6 Å². The lowest BCUT2D eigenvalue weighted by Gasteiger charge is -2.45. The number of amides is 1. The van der Waals surface area contributed by atoms with Crippen molar-refractivity contribution in [3.63, 3.8) is 0 Å². The molecule has 0 N–H and O–H groups in total. The molecular formula is C22H28ClF6N3O3. The molecule has 2 aliphatic heterocycles. The minimum Gasteiger partial charge on any atom is -0.426 e. The molecule has 13 heteroatoms. The molecule has 2 heterocycles. The third-order valence-electron chi connectivity index (χ3n) is 6.64. The van der Waals surface area contributed by atoms with Crippen LogP contribution in [0.3, 0.4) is 0 Å². The van der Waals surface area contributed by atoms with Gasteiger partial charge in [-0.05, 0) is 44.5 Å². The molecule has 0 aliphatic carbocycles. The van der Waals surface area contributed by atoms with Crippen LogP contribution in [0.25, 0.3) is 0 Å². The summed E-state index contributed by atoms with van der Waals surface area (Å²) in [5.41, 5.74) is 1.58. The number of ether oxygens (including phenoxy) is 2. The van der Waals surface area contributed by atoms with Crippen LogP contribution in [0.1, 0.15) is 25.3 Å². The highest BCUT2D eigenvalue weighted by Gasteiger charge is 2.60. The van der Waals surface area contributed by atoms with E-state index in [4.69, 9.17) is 16.3 Å². The van der Waals surface area contributed by atoms with E-state index in [9.17, 15) is 31.1 Å². The number of anilines is 1. The summed E-state index contributed by atoms with van der Waals surface area (Å²) in [4.78, 5) is 17.2. The molecule has 1 aromatic carbocycles. The Kier molecular flexibility index (Phi) is 8.37. The van der Waals surface area contributed by atoms with Crippen LogP contribution in [0.5, 0.6) is 0 Å². The first-order valence-corrected chi connectivity index (χ1v) is 11.5. The number of carbonyl (C=O) groups excluding carboxylic acids is 1. The van der Waals surface area contributed by atoms with E-state index >= 15 is 0 Å². The minimum atomic E-state index is -5.74. The van der Waals surface area contributed by atoms with Gasteiger partial charge in [-0.1, -0.05) is 17.7 Å². The third kappa shape index (κ3) is 6.85. The number of hydrogen-bond acceptors (Lipinski definition) is 5. The first-order chi connectivity index (χ1) is 16.2. The molecule has 2 saturated heterocycles. The predicted octanol–water partition coefficient (Wildman–Crippen LogP) is 5.09. The van der Waals surface area contributed by atoms with Crippen molar-refractivity contribution in [3.8, 4) is 0 Å². The average Bonchev–Trinajstić information content (AvgIpc) is 2.78. The molecule has 1 aromatic rings. The smallest absolute Gasteiger partial charge is 0.426 e. The quantitative estimate of drug-likeness (QED) is 0.495. The van der Waals surface area contributed by atoms with Crippen molar-refractivity contribution in [2.24, 2.45) is 0 Å². The van der Waals surface area contributed by atoms with Gasteiger partial charge in [-0.15, -0.1) is 0 Å². The lowest BCUT2D eigenvalue weighted by Crippen LogP contribution is -2.54. The second-order valence-corrected chi connectivity index (χ2v) is 9.50. The lowest BCUT2D eigenvalue weighted by molar-refractivity contribution is -0.308. The number of likely N-dealkylation sites (tertiary alicyclic amines) is 1. The van der Waals surface area contributed by atoms with E-state index in [0.29, 0.717) is 37.6 Å². The summed E-state index contributed by atoms with van der Waals surface area (Å²) in [6.07, 6.45) is -16.6. The Morgan fingerprint density at radius 1 is 1.11 bits per heavy atom. The standard InChI is InChI=1S/C22H28ClF6N3O3/c1-20(5-7-32(8-6-20)19(33)35-18(21(24,25)26)22(27,28)29)30(2)14-15-3-4-16(23)13-17(15)31-9-11-34-12-10-31/h3-4,13,18H,5-12,14H2,1-2H3. The Hall–Kier alpha value is -1.92. The highest BCUT2D eigenvalue weighted by molar-refractivity contribution is 6.30. The van der Waals surface area contributed by atoms with Crippen LogP contribution in [0, 0.1) is 0 Å². The van der Waals surface area contributed by atoms with Gasteiger partial charge in [0.25, 0.3) is 6.10 Å². The third-order valence-corrected chi connectivity index (χ3v) is 6.88. The Balaban J connectivity index is 1.64. The second kappa shape index (κ2) is 10.6. The van der Waals surface area contributed by atoms with Crippen LogP contribution < -0.4 is 4.90 Å². The van der Waals surface area contributed by atoms with Gasteiger partial charge < -0.3 is 19.3 Å². The van der Waals surface area contributed by atoms with Crippen LogP contribution in [-0.4, -0.2) is 86.3 Å². The van der Waals surface area contributed by atoms with E-state index in [1.165, 1.54) is 0 Å². The van der Waals surface area contributed by atoms with Crippen molar-refractivity contribution in [1.29, 1.82) is 0 Å². The molecule has 2 fully saturated rings. The van der Waals surface area contributed by atoms with Gasteiger partial charge in [-0.25, -0.2) is 4.79 Å². The zero-order valence-corrected chi connectivity index (χ0v) is 20.1. The van der Waals surface area contributed by atoms with Gasteiger partial charge in [0.05, 0.1) is 13.2 Å². The maximum atomic E-state index is 12.7. The molecule has 198 valence electrons. The monoisotopic (exact) mass is 531 g/mol. The molecule has 0 radical (unpaired) electrons. The van der Waals surface area contributed by atoms with Crippen molar-refractivity contribution in [2.75, 3.05) is 51.3 Å². The number of benzene rings is 1. The number of carbonyl (C=O) groups is 1. The largest absolute Gasteiger partial charge is 0.434 e. The SMILES string of the molecule is CN(Cc1ccc(Cl)cc1N1CCOCC1)C1(C)CCN(C(=O)OC(C(F)(F)F)C(F)(F)F)CC1. The van der Waals surface area contributed by atoms with Crippen molar-refractivity contribution < 1.29 is 40.6 Å². The molecule has 6 nitrogen and oxygen atoms in total. The fourth-order valence-corrected chi connectivity index (χ4v) is 4.43. The van der Waals surface area contributed by atoms with Gasteiger partial charge in [0.1, 0.15) is 0 Å². The fourth-order valence-electron chi connectivity index (χ4n) is 4.26. The van der Waals surface area contributed by atoms with Gasteiger partial charge in [0, 0.05) is 49.0 Å². The molecular weight excluding hydrogens is 504 g/mol. The van der Waals surface area contributed by atoms with Gasteiger partial charge in [0.15, 0.2) is 0 Å². The molecule has 1 amide bonds. The summed E-state index contributed by atoms with van der Waals surface area (Å²) in [5, 5.41) is 0.604. The second-order valence-electron chi connectivity index (χ2n) is 9.06. The van der Waals surface area contributed by atoms with Crippen molar-refractivity contribution in [1.82, 2.24) is 9.80 Å². The molecule has 3 rings (SSSR count). The first kappa shape index (κ1) is 27.7. The molecule has 2 aliphatic rings. The van der Waals surface area contributed by atoms with Crippen molar-refractivity contribution >= 4 is 23.4 Å². The molecule has 0 bridgehead atoms. The molecule has 0 unspecified atom stereocenters. The maximum Gasteiger partial charge on any atom is 0.434 e. The van der Waals surface area contributed by atoms with Crippen LogP contribution in [0.2, 0.25) is 5.02 Å². The Labute approximate surface area is 204 Å². The average molecular weight is 532 g/mol. The van der Waals surface area contributed by atoms with E-state index < -0.39 is 30.1 Å². The number of alkyl halides is 6. The van der Waals surface area contributed by atoms with Crippen molar-refractivity contribution in [2.45, 2.75) is 50.3 Å². The normalized spacial score (nSPS) is 19.4. The molecule has 35 heavy (non-hydrogen) atoms. The molecule has 0 aromatic heterocycles. The van der Waals surface area contributed by atoms with E-state index in [1.807, 2.05) is 26.1 Å². The van der Waals surface area contributed by atoms with E-state index in [0.717, 1.165) is 29.2 Å². The summed E-state index contributed by atoms with van der Waals surface area (Å²) in [5.74, 6) is 0. The summed E-state index contributed by atoms with van der Waals surface area (Å²) in [6.45, 7) is 5.09. The van der Waals surface area contributed by atoms with Gasteiger partial charge in [0.2, 0.25) is 0 Å². The van der Waals surface area contributed by atoms with Crippen LogP contribution in [-0.2, 0) is 16.0 Å². The molecule has 0 saturated carbocycles. The summed E-state index contributed by atoms with van der Waals surface area (Å²) < 4.78 is 85.6. The minimum absolute atomic E-state index is 0.0287. The zero-order valence-electron chi connectivity index (χ0n) is 19.4. The van der Waals surface area contributed by atoms with E-state index in [1.54, 1.807) is 6.07 Å². The zero-order chi connectivity index (χ0) is 26.0. The molecule has 0 atom stereocenters. The number of hydrogen-bond donors (Lipinski definition) is 0. The Morgan fingerprint density at radius 3 is 2.23 bits per heavy atom. The summed E-state index contributed by atoms with van der Waals surface area (Å²) in [7, 11) is 1.90. The van der Waals surface area contributed by atoms with E-state index in [2.05, 4.69) is 14.5 Å². The Bertz CT molecular complexity index is 870. The summed E-state index contributed by atoms with van der Waals surface area (Å²) >= 11 is 6.22. The predicted molar refractivity (Wildman–Crippen MR) is 118 cm³/mol. The van der Waals surface area contributed by atoms with Crippen LogP contribution in [0.15, 0.2) is 18.2 Å². The van der Waals surface area contributed by atoms with E-state index in [-0.39, 0.29) is 13.1 Å². The topological polar surface area (TPSA) is 45.2 Å². The lowest BCUT2D eigenvalue weighted by atomic mass is 9.87. The summed E-state index contributed by atoms with van der Waals surface area (Å²) in [6, 6.07) is 5.63. The van der Waals surface area contributed by atoms with Gasteiger partial charge in [-0.2, -0.15) is 26.3 Å². The Morgan fingerprint density at radius 2 is 1.69 bits per heavy atom. The number of piperidine rings is 1. The number of morpholine rings is 1. The number of nitrogens with zero attached hydrogens (tertiary/aromatic N) is 3.